The molecule has 1 aliphatic heterocycles. The predicted molar refractivity (Wildman–Crippen MR) is 97.4 cm³/mol. The van der Waals surface area contributed by atoms with Crippen LogP contribution in [0.15, 0.2) is 6.20 Å². The van der Waals surface area contributed by atoms with Gasteiger partial charge in [0.25, 0.3) is 0 Å². The minimum atomic E-state index is -0.0925. The SMILES string of the molecule is O=C(Nc1ncc(CN2CCOCC2)s1)C12CC3CC(CC(C3)C1)C2. The van der Waals surface area contributed by atoms with E-state index >= 15 is 0 Å². The van der Waals surface area contributed by atoms with Gasteiger partial charge in [-0.25, -0.2) is 4.98 Å². The average molecular weight is 362 g/mol. The van der Waals surface area contributed by atoms with Crippen molar-refractivity contribution < 1.29 is 9.53 Å². The van der Waals surface area contributed by atoms with Crippen molar-refractivity contribution in [3.05, 3.63) is 11.1 Å². The molecule has 5 nitrogen and oxygen atoms in total. The van der Waals surface area contributed by atoms with Crippen molar-refractivity contribution in [1.82, 2.24) is 9.88 Å². The molecule has 1 N–H and O–H groups in total. The summed E-state index contributed by atoms with van der Waals surface area (Å²) in [5, 5.41) is 3.96. The number of morpholine rings is 1. The van der Waals surface area contributed by atoms with Crippen molar-refractivity contribution in [3.8, 4) is 0 Å². The fraction of sp³-hybridized carbons (Fsp3) is 0.789. The number of anilines is 1. The molecule has 1 aromatic rings. The van der Waals surface area contributed by atoms with Gasteiger partial charge in [0.05, 0.1) is 18.6 Å². The minimum absolute atomic E-state index is 0.0925. The lowest BCUT2D eigenvalue weighted by molar-refractivity contribution is -0.140. The van der Waals surface area contributed by atoms with Gasteiger partial charge in [-0.2, -0.15) is 0 Å². The number of hydrogen-bond acceptors (Lipinski definition) is 5. The molecule has 4 aliphatic carbocycles. The van der Waals surface area contributed by atoms with E-state index in [4.69, 9.17) is 4.74 Å². The lowest BCUT2D eigenvalue weighted by atomic mass is 9.49. The summed E-state index contributed by atoms with van der Waals surface area (Å²) in [6, 6.07) is 0. The van der Waals surface area contributed by atoms with Crippen LogP contribution in [0.4, 0.5) is 5.13 Å². The van der Waals surface area contributed by atoms with E-state index in [1.165, 1.54) is 24.1 Å². The van der Waals surface area contributed by atoms with Crippen molar-refractivity contribution in [2.24, 2.45) is 23.2 Å². The molecule has 0 radical (unpaired) electrons. The Labute approximate surface area is 153 Å². The van der Waals surface area contributed by atoms with Crippen LogP contribution in [0.25, 0.3) is 0 Å². The van der Waals surface area contributed by atoms with Crippen LogP contribution in [0.5, 0.6) is 0 Å². The Bertz CT molecular complexity index is 618. The molecule has 1 saturated heterocycles. The summed E-state index contributed by atoms with van der Waals surface area (Å²) < 4.78 is 5.40. The molecule has 4 bridgehead atoms. The third-order valence-electron chi connectivity index (χ3n) is 6.78. The zero-order valence-corrected chi connectivity index (χ0v) is 15.5. The molecule has 1 aromatic heterocycles. The molecule has 0 spiro atoms. The molecule has 6 rings (SSSR count). The van der Waals surface area contributed by atoms with Crippen LogP contribution in [-0.4, -0.2) is 42.1 Å². The van der Waals surface area contributed by atoms with E-state index in [0.29, 0.717) is 0 Å². The van der Waals surface area contributed by atoms with Crippen LogP contribution in [0.1, 0.15) is 43.4 Å². The Morgan fingerprint density at radius 1 is 1.20 bits per heavy atom. The first-order chi connectivity index (χ1) is 12.2. The van der Waals surface area contributed by atoms with E-state index in [2.05, 4.69) is 15.2 Å². The summed E-state index contributed by atoms with van der Waals surface area (Å²) in [5.74, 6) is 2.64. The summed E-state index contributed by atoms with van der Waals surface area (Å²) in [6.45, 7) is 4.50. The van der Waals surface area contributed by atoms with Crippen LogP contribution in [0.2, 0.25) is 0 Å². The summed E-state index contributed by atoms with van der Waals surface area (Å²) in [7, 11) is 0. The molecule has 0 unspecified atom stereocenters. The molecular weight excluding hydrogens is 334 g/mol. The van der Waals surface area contributed by atoms with E-state index in [-0.39, 0.29) is 11.3 Å². The van der Waals surface area contributed by atoms with Gasteiger partial charge < -0.3 is 10.1 Å². The predicted octanol–water partition coefficient (Wildman–Crippen LogP) is 3.13. The topological polar surface area (TPSA) is 54.5 Å². The Morgan fingerprint density at radius 3 is 2.48 bits per heavy atom. The number of rotatable bonds is 4. The highest BCUT2D eigenvalue weighted by molar-refractivity contribution is 7.15. The molecule has 2 heterocycles. The largest absolute Gasteiger partial charge is 0.379 e. The first-order valence-corrected chi connectivity index (χ1v) is 10.6. The van der Waals surface area contributed by atoms with Crippen molar-refractivity contribution in [1.29, 1.82) is 0 Å². The fourth-order valence-corrected chi connectivity index (χ4v) is 6.89. The minimum Gasteiger partial charge on any atom is -0.379 e. The van der Waals surface area contributed by atoms with Crippen LogP contribution in [0.3, 0.4) is 0 Å². The second-order valence-corrected chi connectivity index (χ2v) is 9.79. The van der Waals surface area contributed by atoms with E-state index in [1.54, 1.807) is 11.3 Å². The van der Waals surface area contributed by atoms with Gasteiger partial charge in [-0.15, -0.1) is 11.3 Å². The highest BCUT2D eigenvalue weighted by Crippen LogP contribution is 2.60. The Balaban J connectivity index is 1.24. The summed E-state index contributed by atoms with van der Waals surface area (Å²) in [5.41, 5.74) is -0.0925. The number of nitrogens with zero attached hydrogens (tertiary/aromatic N) is 2. The van der Waals surface area contributed by atoms with Crippen molar-refractivity contribution in [2.75, 3.05) is 31.6 Å². The van der Waals surface area contributed by atoms with Crippen molar-refractivity contribution in [2.45, 2.75) is 45.1 Å². The van der Waals surface area contributed by atoms with E-state index in [9.17, 15) is 4.79 Å². The van der Waals surface area contributed by atoms with Crippen LogP contribution in [0, 0.1) is 23.2 Å². The molecule has 5 fully saturated rings. The normalized spacial score (nSPS) is 37.4. The Morgan fingerprint density at radius 2 is 1.84 bits per heavy atom. The third-order valence-corrected chi connectivity index (χ3v) is 7.67. The van der Waals surface area contributed by atoms with E-state index in [1.807, 2.05) is 6.20 Å². The lowest BCUT2D eigenvalue weighted by Gasteiger charge is -2.55. The van der Waals surface area contributed by atoms with Gasteiger partial charge >= 0.3 is 0 Å². The smallest absolute Gasteiger partial charge is 0.232 e. The second kappa shape index (κ2) is 6.32. The molecule has 1 amide bonds. The van der Waals surface area contributed by atoms with E-state index < -0.39 is 0 Å². The molecule has 25 heavy (non-hydrogen) atoms. The Hall–Kier alpha value is -0.980. The van der Waals surface area contributed by atoms with Gasteiger partial charge in [0, 0.05) is 30.7 Å². The van der Waals surface area contributed by atoms with Gasteiger partial charge in [0.15, 0.2) is 5.13 Å². The average Bonchev–Trinajstić information content (AvgIpc) is 3.01. The summed E-state index contributed by atoms with van der Waals surface area (Å²) in [4.78, 5) is 21.2. The van der Waals surface area contributed by atoms with Crippen LogP contribution < -0.4 is 5.32 Å². The molecule has 0 atom stereocenters. The van der Waals surface area contributed by atoms with Gasteiger partial charge in [0.2, 0.25) is 5.91 Å². The third kappa shape index (κ3) is 3.13. The number of nitrogens with one attached hydrogen (secondary N) is 1. The second-order valence-electron chi connectivity index (χ2n) is 8.67. The summed E-state index contributed by atoms with van der Waals surface area (Å²) in [6.07, 6.45) is 9.36. The number of aromatic nitrogens is 1. The highest BCUT2D eigenvalue weighted by atomic mass is 32.1. The van der Waals surface area contributed by atoms with Crippen molar-refractivity contribution >= 4 is 22.4 Å². The number of ether oxygens (including phenoxy) is 1. The number of thiazole rings is 1. The quantitative estimate of drug-likeness (QED) is 0.895. The van der Waals surface area contributed by atoms with Gasteiger partial charge in [-0.3, -0.25) is 9.69 Å². The standard InChI is InChI=1S/C19H27N3O2S/c23-17(19-8-13-5-14(9-19)7-15(6-13)10-19)21-18-20-11-16(25-18)12-22-1-3-24-4-2-22/h11,13-15H,1-10,12H2,(H,20,21,23). The highest BCUT2D eigenvalue weighted by Gasteiger charge is 2.54. The number of carbonyl (C=O) groups is 1. The van der Waals surface area contributed by atoms with Gasteiger partial charge in [-0.05, 0) is 56.3 Å². The maximum atomic E-state index is 13.1. The molecule has 4 saturated carbocycles. The molecule has 136 valence electrons. The van der Waals surface area contributed by atoms with E-state index in [0.717, 1.165) is 75.0 Å². The maximum Gasteiger partial charge on any atom is 0.232 e. The Kier molecular flexibility index (Phi) is 4.10. The first-order valence-electron chi connectivity index (χ1n) is 9.75. The zero-order chi connectivity index (χ0) is 16.9. The van der Waals surface area contributed by atoms with Gasteiger partial charge in [0.1, 0.15) is 0 Å². The number of carbonyl (C=O) groups excluding carboxylic acids is 1. The number of hydrogen-bond donors (Lipinski definition) is 1. The summed E-state index contributed by atoms with van der Waals surface area (Å²) >= 11 is 1.63. The monoisotopic (exact) mass is 361 g/mol. The molecular formula is C19H27N3O2S. The molecule has 0 aromatic carbocycles. The lowest BCUT2D eigenvalue weighted by Crippen LogP contribution is -2.51. The fourth-order valence-electron chi connectivity index (χ4n) is 6.04. The number of amides is 1. The molecule has 6 heteroatoms. The molecule has 5 aliphatic rings. The van der Waals surface area contributed by atoms with Gasteiger partial charge in [-0.1, -0.05) is 0 Å². The maximum absolute atomic E-state index is 13.1. The van der Waals surface area contributed by atoms with Crippen LogP contribution >= 0.6 is 11.3 Å². The van der Waals surface area contributed by atoms with Crippen molar-refractivity contribution in [3.63, 3.8) is 0 Å². The zero-order valence-electron chi connectivity index (χ0n) is 14.7. The van der Waals surface area contributed by atoms with Crippen LogP contribution in [-0.2, 0) is 16.1 Å². The first kappa shape index (κ1) is 16.2.